The van der Waals surface area contributed by atoms with Gasteiger partial charge in [-0.1, -0.05) is 0 Å². The number of fused-ring (bicyclic) bond motifs is 1. The molecule has 2 N–H and O–H groups in total. The molecule has 0 saturated heterocycles. The first kappa shape index (κ1) is 12.9. The molecule has 0 amide bonds. The summed E-state index contributed by atoms with van der Waals surface area (Å²) in [5, 5.41) is 2.20. The molecule has 2 aliphatic rings. The highest BCUT2D eigenvalue weighted by Gasteiger charge is 2.27. The molecular formula is C14H22N4S. The maximum absolute atomic E-state index is 5.99. The first-order chi connectivity index (χ1) is 9.24. The average molecular weight is 278 g/mol. The van der Waals surface area contributed by atoms with E-state index in [2.05, 4.69) is 33.3 Å². The van der Waals surface area contributed by atoms with Crippen molar-refractivity contribution in [3.63, 3.8) is 0 Å². The number of thiophene rings is 1. The summed E-state index contributed by atoms with van der Waals surface area (Å²) in [5.74, 6) is 0.704. The molecule has 0 atom stereocenters. The zero-order valence-electron chi connectivity index (χ0n) is 11.5. The van der Waals surface area contributed by atoms with E-state index in [9.17, 15) is 0 Å². The molecule has 1 aliphatic carbocycles. The smallest absolute Gasteiger partial charge is 0.191 e. The molecule has 0 bridgehead atoms. The molecule has 0 unspecified atom stereocenters. The lowest BCUT2D eigenvalue weighted by Gasteiger charge is -2.26. The van der Waals surface area contributed by atoms with E-state index in [0.29, 0.717) is 12.0 Å². The summed E-state index contributed by atoms with van der Waals surface area (Å²) in [5.41, 5.74) is 7.50. The summed E-state index contributed by atoms with van der Waals surface area (Å²) in [6.07, 6.45) is 3.72. The summed E-state index contributed by atoms with van der Waals surface area (Å²) >= 11 is 1.89. The topological polar surface area (TPSA) is 44.9 Å². The van der Waals surface area contributed by atoms with Crippen molar-refractivity contribution in [3.05, 3.63) is 21.9 Å². The quantitative estimate of drug-likeness (QED) is 0.671. The Hall–Kier alpha value is -1.07. The lowest BCUT2D eigenvalue weighted by molar-refractivity contribution is 0.263. The minimum absolute atomic E-state index is 0.645. The zero-order valence-corrected chi connectivity index (χ0v) is 12.3. The van der Waals surface area contributed by atoms with Crippen molar-refractivity contribution in [2.45, 2.75) is 31.8 Å². The molecule has 5 heteroatoms. The van der Waals surface area contributed by atoms with Gasteiger partial charge in [0.2, 0.25) is 0 Å². The van der Waals surface area contributed by atoms with Crippen LogP contribution >= 0.6 is 11.3 Å². The number of rotatable bonds is 4. The molecule has 1 aromatic heterocycles. The monoisotopic (exact) mass is 278 g/mol. The fourth-order valence-electron chi connectivity index (χ4n) is 2.56. The van der Waals surface area contributed by atoms with Gasteiger partial charge in [-0.05, 0) is 36.3 Å². The summed E-state index contributed by atoms with van der Waals surface area (Å²) < 4.78 is 0. The number of guanidine groups is 1. The number of hydrogen-bond donors (Lipinski definition) is 1. The predicted octanol–water partition coefficient (Wildman–Crippen LogP) is 1.52. The first-order valence-electron chi connectivity index (χ1n) is 7.04. The van der Waals surface area contributed by atoms with Crippen LogP contribution in [0.25, 0.3) is 0 Å². The minimum Gasteiger partial charge on any atom is -0.370 e. The molecule has 19 heavy (non-hydrogen) atoms. The molecule has 0 spiro atoms. The summed E-state index contributed by atoms with van der Waals surface area (Å²) in [6, 6.07) is 2.90. The van der Waals surface area contributed by atoms with E-state index >= 15 is 0 Å². The Morgan fingerprint density at radius 2 is 2.42 bits per heavy atom. The average Bonchev–Trinajstić information content (AvgIpc) is 3.16. The number of nitrogens with two attached hydrogens (primary N) is 1. The Kier molecular flexibility index (Phi) is 3.75. The Bertz CT molecular complexity index is 464. The zero-order chi connectivity index (χ0) is 13.2. The van der Waals surface area contributed by atoms with Crippen LogP contribution in [0, 0.1) is 0 Å². The normalized spacial score (nSPS) is 20.4. The molecule has 0 aromatic carbocycles. The van der Waals surface area contributed by atoms with E-state index < -0.39 is 0 Å². The third-order valence-electron chi connectivity index (χ3n) is 4.03. The number of nitrogens with zero attached hydrogens (tertiary/aromatic N) is 3. The highest BCUT2D eigenvalue weighted by atomic mass is 32.1. The van der Waals surface area contributed by atoms with Crippen molar-refractivity contribution in [1.29, 1.82) is 0 Å². The largest absolute Gasteiger partial charge is 0.370 e. The Labute approximate surface area is 118 Å². The van der Waals surface area contributed by atoms with Gasteiger partial charge in [0, 0.05) is 37.6 Å². The molecule has 2 heterocycles. The number of aliphatic imine (C=N–C) groups is 1. The first-order valence-corrected chi connectivity index (χ1v) is 7.92. The van der Waals surface area contributed by atoms with Gasteiger partial charge in [-0.15, -0.1) is 11.3 Å². The molecule has 104 valence electrons. The Balaban J connectivity index is 1.46. The van der Waals surface area contributed by atoms with Gasteiger partial charge in [-0.2, -0.15) is 0 Å². The fourth-order valence-corrected chi connectivity index (χ4v) is 3.45. The summed E-state index contributed by atoms with van der Waals surface area (Å²) in [7, 11) is 2.05. The standard InChI is InChI=1S/C14H22N4S/c1-17(12-2-3-12)14(15)16-6-8-18-7-4-13-11(10-18)5-9-19-13/h5,9,12H,2-4,6-8,10H2,1H3,(H2,15,16). The lowest BCUT2D eigenvalue weighted by atomic mass is 10.1. The molecule has 0 radical (unpaired) electrons. The molecule has 1 aromatic rings. The van der Waals surface area contributed by atoms with Gasteiger partial charge in [0.1, 0.15) is 0 Å². The predicted molar refractivity (Wildman–Crippen MR) is 80.6 cm³/mol. The fraction of sp³-hybridized carbons (Fsp3) is 0.643. The van der Waals surface area contributed by atoms with E-state index in [-0.39, 0.29) is 0 Å². The highest BCUT2D eigenvalue weighted by molar-refractivity contribution is 7.10. The van der Waals surface area contributed by atoms with Crippen LogP contribution in [0.2, 0.25) is 0 Å². The van der Waals surface area contributed by atoms with Gasteiger partial charge >= 0.3 is 0 Å². The molecule has 4 nitrogen and oxygen atoms in total. The van der Waals surface area contributed by atoms with Crippen LogP contribution in [0.1, 0.15) is 23.3 Å². The molecular weight excluding hydrogens is 256 g/mol. The number of hydrogen-bond acceptors (Lipinski definition) is 3. The third kappa shape index (κ3) is 3.09. The van der Waals surface area contributed by atoms with Gasteiger partial charge in [-0.25, -0.2) is 0 Å². The minimum atomic E-state index is 0.645. The molecule has 1 saturated carbocycles. The Morgan fingerprint density at radius 3 is 3.21 bits per heavy atom. The van der Waals surface area contributed by atoms with Crippen molar-refractivity contribution < 1.29 is 0 Å². The van der Waals surface area contributed by atoms with E-state index in [1.54, 1.807) is 4.88 Å². The van der Waals surface area contributed by atoms with Gasteiger partial charge in [0.25, 0.3) is 0 Å². The summed E-state index contributed by atoms with van der Waals surface area (Å²) in [6.45, 7) is 4.05. The summed E-state index contributed by atoms with van der Waals surface area (Å²) in [4.78, 5) is 10.7. The van der Waals surface area contributed by atoms with Crippen LogP contribution in [0.15, 0.2) is 16.4 Å². The van der Waals surface area contributed by atoms with E-state index in [0.717, 1.165) is 26.2 Å². The third-order valence-corrected chi connectivity index (χ3v) is 5.06. The van der Waals surface area contributed by atoms with Crippen molar-refractivity contribution in [2.24, 2.45) is 10.7 Å². The van der Waals surface area contributed by atoms with Crippen molar-refractivity contribution >= 4 is 17.3 Å². The van der Waals surface area contributed by atoms with Crippen LogP contribution in [0.4, 0.5) is 0 Å². The molecule has 3 rings (SSSR count). The second-order valence-corrected chi connectivity index (χ2v) is 6.48. The van der Waals surface area contributed by atoms with Crippen molar-refractivity contribution in [2.75, 3.05) is 26.7 Å². The highest BCUT2D eigenvalue weighted by Crippen LogP contribution is 2.25. The van der Waals surface area contributed by atoms with E-state index in [1.165, 1.54) is 24.8 Å². The van der Waals surface area contributed by atoms with Crippen LogP contribution in [0.5, 0.6) is 0 Å². The SMILES string of the molecule is CN(C(N)=NCCN1CCc2sccc2C1)C1CC1. The molecule has 1 aliphatic heterocycles. The molecule has 1 fully saturated rings. The van der Waals surface area contributed by atoms with Crippen LogP contribution in [0.3, 0.4) is 0 Å². The Morgan fingerprint density at radius 1 is 1.58 bits per heavy atom. The van der Waals surface area contributed by atoms with E-state index in [1.807, 2.05) is 11.3 Å². The van der Waals surface area contributed by atoms with Crippen LogP contribution in [-0.2, 0) is 13.0 Å². The lowest BCUT2D eigenvalue weighted by Crippen LogP contribution is -2.37. The second kappa shape index (κ2) is 5.51. The van der Waals surface area contributed by atoms with Gasteiger partial charge < -0.3 is 10.6 Å². The van der Waals surface area contributed by atoms with Crippen molar-refractivity contribution in [1.82, 2.24) is 9.80 Å². The maximum atomic E-state index is 5.99. The van der Waals surface area contributed by atoms with Crippen molar-refractivity contribution in [3.8, 4) is 0 Å². The second-order valence-electron chi connectivity index (χ2n) is 5.48. The van der Waals surface area contributed by atoms with Crippen LogP contribution in [-0.4, -0.2) is 48.5 Å². The van der Waals surface area contributed by atoms with E-state index in [4.69, 9.17) is 5.73 Å². The van der Waals surface area contributed by atoms with Gasteiger partial charge in [0.05, 0.1) is 6.54 Å². The maximum Gasteiger partial charge on any atom is 0.191 e. The van der Waals surface area contributed by atoms with Gasteiger partial charge in [-0.3, -0.25) is 9.89 Å². The van der Waals surface area contributed by atoms with Gasteiger partial charge in [0.15, 0.2) is 5.96 Å². The van der Waals surface area contributed by atoms with Crippen LogP contribution < -0.4 is 5.73 Å².